The normalized spacial score (nSPS) is 11.7. The van der Waals surface area contributed by atoms with Crippen molar-refractivity contribution < 1.29 is 13.2 Å². The molecule has 0 unspecified atom stereocenters. The van der Waals surface area contributed by atoms with E-state index in [1.165, 1.54) is 0 Å². The summed E-state index contributed by atoms with van der Waals surface area (Å²) in [5, 5.41) is 1.67. The highest BCUT2D eigenvalue weighted by molar-refractivity contribution is 7.09. The van der Waals surface area contributed by atoms with Crippen LogP contribution in [0.15, 0.2) is 29.6 Å². The minimum atomic E-state index is -4.22. The van der Waals surface area contributed by atoms with Gasteiger partial charge in [-0.05, 0) is 12.1 Å². The van der Waals surface area contributed by atoms with Gasteiger partial charge in [-0.25, -0.2) is 4.98 Å². The van der Waals surface area contributed by atoms with Crippen LogP contribution < -0.4 is 5.73 Å². The van der Waals surface area contributed by atoms with Crippen molar-refractivity contribution in [2.45, 2.75) is 12.6 Å². The molecule has 2 aromatic rings. The number of anilines is 1. The highest BCUT2D eigenvalue weighted by Gasteiger charge is 2.29. The molecule has 0 aliphatic heterocycles. The topological polar surface area (TPSA) is 38.9 Å². The lowest BCUT2D eigenvalue weighted by molar-refractivity contribution is -0.127. The molecule has 17 heavy (non-hydrogen) atoms. The first kappa shape index (κ1) is 11.9. The molecule has 1 aromatic heterocycles. The summed E-state index contributed by atoms with van der Waals surface area (Å²) in [5.74, 6) is 0. The molecule has 0 aliphatic carbocycles. The Bertz CT molecular complexity index is 519. The van der Waals surface area contributed by atoms with Gasteiger partial charge >= 0.3 is 6.18 Å². The summed E-state index contributed by atoms with van der Waals surface area (Å²) in [5.41, 5.74) is 7.42. The zero-order valence-corrected chi connectivity index (χ0v) is 9.48. The summed E-state index contributed by atoms with van der Waals surface area (Å²) in [4.78, 5) is 3.95. The quantitative estimate of drug-likeness (QED) is 0.837. The molecule has 0 atom stereocenters. The molecule has 1 aromatic carbocycles. The molecule has 90 valence electrons. The van der Waals surface area contributed by atoms with Gasteiger partial charge in [0.1, 0.15) is 5.01 Å². The molecule has 2 rings (SSSR count). The van der Waals surface area contributed by atoms with E-state index in [1.807, 2.05) is 0 Å². The summed E-state index contributed by atoms with van der Waals surface area (Å²) in [6.07, 6.45) is -5.20. The van der Waals surface area contributed by atoms with E-state index in [4.69, 9.17) is 5.73 Å². The molecule has 2 nitrogen and oxygen atoms in total. The predicted molar refractivity (Wildman–Crippen MR) is 61.7 cm³/mol. The first-order valence-corrected chi connectivity index (χ1v) is 5.69. The lowest BCUT2D eigenvalue weighted by Crippen LogP contribution is -2.11. The minimum absolute atomic E-state index is 0.0647. The average Bonchev–Trinajstić information content (AvgIpc) is 2.63. The monoisotopic (exact) mass is 258 g/mol. The van der Waals surface area contributed by atoms with Crippen molar-refractivity contribution in [3.8, 4) is 11.3 Å². The van der Waals surface area contributed by atoms with Gasteiger partial charge in [-0.1, -0.05) is 12.1 Å². The number of thiazole rings is 1. The van der Waals surface area contributed by atoms with Crippen LogP contribution in [0.4, 0.5) is 18.9 Å². The number of halogens is 3. The third-order valence-electron chi connectivity index (χ3n) is 2.09. The third-order valence-corrected chi connectivity index (χ3v) is 2.93. The zero-order valence-electron chi connectivity index (χ0n) is 8.66. The predicted octanol–water partition coefficient (Wildman–Crippen LogP) is 3.50. The van der Waals surface area contributed by atoms with Gasteiger partial charge in [0.25, 0.3) is 0 Å². The molecule has 0 bridgehead atoms. The van der Waals surface area contributed by atoms with E-state index in [1.54, 1.807) is 29.6 Å². The van der Waals surface area contributed by atoms with Gasteiger partial charge in [0.2, 0.25) is 0 Å². The van der Waals surface area contributed by atoms with E-state index in [2.05, 4.69) is 4.98 Å². The van der Waals surface area contributed by atoms with E-state index >= 15 is 0 Å². The fourth-order valence-electron chi connectivity index (χ4n) is 1.39. The molecule has 0 spiro atoms. The summed E-state index contributed by atoms with van der Waals surface area (Å²) < 4.78 is 36.5. The molecule has 0 fully saturated rings. The van der Waals surface area contributed by atoms with Crippen LogP contribution in [0.1, 0.15) is 5.01 Å². The van der Waals surface area contributed by atoms with Crippen molar-refractivity contribution in [1.82, 2.24) is 4.98 Å². The van der Waals surface area contributed by atoms with Gasteiger partial charge in [0.05, 0.1) is 12.1 Å². The molecule has 0 aliphatic rings. The first-order chi connectivity index (χ1) is 7.94. The number of aromatic nitrogens is 1. The molecular formula is C11H9F3N2S. The van der Waals surface area contributed by atoms with Crippen LogP contribution in [0.2, 0.25) is 0 Å². The molecule has 0 saturated heterocycles. The van der Waals surface area contributed by atoms with Crippen molar-refractivity contribution in [2.75, 3.05) is 5.73 Å². The molecule has 2 N–H and O–H groups in total. The van der Waals surface area contributed by atoms with Crippen LogP contribution in [0.5, 0.6) is 0 Å². The van der Waals surface area contributed by atoms with Crippen LogP contribution >= 0.6 is 11.3 Å². The minimum Gasteiger partial charge on any atom is -0.399 e. The van der Waals surface area contributed by atoms with Gasteiger partial charge in [-0.15, -0.1) is 11.3 Å². The molecule has 6 heteroatoms. The largest absolute Gasteiger partial charge is 0.399 e. The van der Waals surface area contributed by atoms with Crippen molar-refractivity contribution in [3.05, 3.63) is 34.7 Å². The Morgan fingerprint density at radius 1 is 1.29 bits per heavy atom. The van der Waals surface area contributed by atoms with Crippen molar-refractivity contribution >= 4 is 17.0 Å². The Morgan fingerprint density at radius 3 is 2.71 bits per heavy atom. The summed E-state index contributed by atoms with van der Waals surface area (Å²) >= 11 is 1.01. The number of nitrogen functional groups attached to an aromatic ring is 1. The van der Waals surface area contributed by atoms with Gasteiger partial charge in [0.15, 0.2) is 0 Å². The number of benzene rings is 1. The summed E-state index contributed by atoms with van der Waals surface area (Å²) in [6, 6.07) is 6.91. The van der Waals surface area contributed by atoms with Crippen molar-refractivity contribution in [2.24, 2.45) is 0 Å². The lowest BCUT2D eigenvalue weighted by Gasteiger charge is -2.02. The Hall–Kier alpha value is -1.56. The number of hydrogen-bond donors (Lipinski definition) is 1. The van der Waals surface area contributed by atoms with Crippen LogP contribution in [0, 0.1) is 0 Å². The maximum absolute atomic E-state index is 12.2. The van der Waals surface area contributed by atoms with Gasteiger partial charge in [0, 0.05) is 16.6 Å². The fourth-order valence-corrected chi connectivity index (χ4v) is 2.23. The van der Waals surface area contributed by atoms with E-state index in [-0.39, 0.29) is 5.01 Å². The van der Waals surface area contributed by atoms with Crippen molar-refractivity contribution in [1.29, 1.82) is 0 Å². The first-order valence-electron chi connectivity index (χ1n) is 4.81. The highest BCUT2D eigenvalue weighted by atomic mass is 32.1. The summed E-state index contributed by atoms with van der Waals surface area (Å²) in [7, 11) is 0. The second-order valence-corrected chi connectivity index (χ2v) is 4.49. The fraction of sp³-hybridized carbons (Fsp3) is 0.182. The maximum atomic E-state index is 12.2. The van der Waals surface area contributed by atoms with Gasteiger partial charge in [-0.3, -0.25) is 0 Å². The zero-order chi connectivity index (χ0) is 12.5. The van der Waals surface area contributed by atoms with E-state index < -0.39 is 12.6 Å². The average molecular weight is 258 g/mol. The smallest absolute Gasteiger partial charge is 0.395 e. The standard InChI is InChI=1S/C11H9F3N2S/c12-11(13,14)5-10-16-9(6-17-10)7-2-1-3-8(15)4-7/h1-4,6H,5,15H2. The van der Waals surface area contributed by atoms with Crippen LogP contribution in [-0.4, -0.2) is 11.2 Å². The Kier molecular flexibility index (Phi) is 3.06. The van der Waals surface area contributed by atoms with Crippen molar-refractivity contribution in [3.63, 3.8) is 0 Å². The maximum Gasteiger partial charge on any atom is 0.395 e. The van der Waals surface area contributed by atoms with Gasteiger partial charge in [-0.2, -0.15) is 13.2 Å². The van der Waals surface area contributed by atoms with Crippen LogP contribution in [0.3, 0.4) is 0 Å². The van der Waals surface area contributed by atoms with E-state index in [0.29, 0.717) is 11.4 Å². The SMILES string of the molecule is Nc1cccc(-c2csc(CC(F)(F)F)n2)c1. The third kappa shape index (κ3) is 3.20. The number of nitrogens with two attached hydrogens (primary N) is 1. The van der Waals surface area contributed by atoms with E-state index in [0.717, 1.165) is 16.9 Å². The Morgan fingerprint density at radius 2 is 2.06 bits per heavy atom. The van der Waals surface area contributed by atoms with Crippen LogP contribution in [-0.2, 0) is 6.42 Å². The number of rotatable bonds is 2. The molecule has 0 radical (unpaired) electrons. The molecule has 1 heterocycles. The highest BCUT2D eigenvalue weighted by Crippen LogP contribution is 2.27. The molecule has 0 amide bonds. The van der Waals surface area contributed by atoms with E-state index in [9.17, 15) is 13.2 Å². The molecular weight excluding hydrogens is 249 g/mol. The lowest BCUT2D eigenvalue weighted by atomic mass is 10.1. The summed E-state index contributed by atoms with van der Waals surface area (Å²) in [6.45, 7) is 0. The number of alkyl halides is 3. The number of nitrogens with zero attached hydrogens (tertiary/aromatic N) is 1. The second-order valence-electron chi connectivity index (χ2n) is 3.54. The molecule has 0 saturated carbocycles. The Balaban J connectivity index is 2.24. The second kappa shape index (κ2) is 4.37. The van der Waals surface area contributed by atoms with Gasteiger partial charge < -0.3 is 5.73 Å². The van der Waals surface area contributed by atoms with Crippen LogP contribution in [0.25, 0.3) is 11.3 Å². The number of hydrogen-bond acceptors (Lipinski definition) is 3. The Labute approximate surface area is 99.9 Å².